The van der Waals surface area contributed by atoms with Crippen LogP contribution < -0.4 is 0 Å². The molecule has 0 radical (unpaired) electrons. The van der Waals surface area contributed by atoms with Crippen molar-refractivity contribution in [3.05, 3.63) is 59.7 Å². The molecule has 1 aliphatic rings. The number of hydrogen-bond acceptors (Lipinski definition) is 4. The number of benzene rings is 2. The Morgan fingerprint density at radius 1 is 0.806 bits per heavy atom. The van der Waals surface area contributed by atoms with E-state index in [2.05, 4.69) is 24.3 Å². The quantitative estimate of drug-likeness (QED) is 0.488. The Hall–Kier alpha value is -3.35. The molecule has 7 heteroatoms. The molecule has 0 unspecified atom stereocenters. The van der Waals surface area contributed by atoms with Crippen molar-refractivity contribution in [1.82, 2.24) is 9.80 Å². The van der Waals surface area contributed by atoms with Gasteiger partial charge < -0.3 is 14.7 Å². The van der Waals surface area contributed by atoms with E-state index in [4.69, 9.17) is 4.74 Å². The van der Waals surface area contributed by atoms with Gasteiger partial charge in [0.2, 0.25) is 5.91 Å². The third kappa shape index (κ3) is 5.89. The maximum Gasteiger partial charge on any atom is 0.410 e. The minimum atomic E-state index is -1.05. The van der Waals surface area contributed by atoms with Crippen LogP contribution >= 0.6 is 0 Å². The van der Waals surface area contributed by atoms with Crippen molar-refractivity contribution in [1.29, 1.82) is 0 Å². The van der Waals surface area contributed by atoms with Crippen LogP contribution in [0.2, 0.25) is 0 Å². The summed E-state index contributed by atoms with van der Waals surface area (Å²) in [6, 6.07) is 14.4. The standard InChI is InChI=1S/C29H38N2O5/c1-18(2)15-25(27(32)30(5)26(28(33)34)16-19(3)4)31(6)29(35)36-17-24-22-13-9-7-11-20(22)21-12-8-10-14-23(21)24/h7-14,18-19,24-26H,15-17H2,1-6H3,(H,33,34)/t25-,26-/m0/s1. The van der Waals surface area contributed by atoms with Crippen molar-refractivity contribution in [2.24, 2.45) is 11.8 Å². The van der Waals surface area contributed by atoms with E-state index in [9.17, 15) is 19.5 Å². The third-order valence-corrected chi connectivity index (χ3v) is 6.87. The molecule has 0 spiro atoms. The molecule has 0 saturated heterocycles. The van der Waals surface area contributed by atoms with Crippen molar-refractivity contribution >= 4 is 18.0 Å². The van der Waals surface area contributed by atoms with Gasteiger partial charge in [-0.25, -0.2) is 9.59 Å². The van der Waals surface area contributed by atoms with Gasteiger partial charge in [0.15, 0.2) is 0 Å². The molecule has 2 atom stereocenters. The molecule has 0 saturated carbocycles. The van der Waals surface area contributed by atoms with Crippen molar-refractivity contribution in [3.63, 3.8) is 0 Å². The van der Waals surface area contributed by atoms with Gasteiger partial charge in [0.1, 0.15) is 18.7 Å². The second-order valence-corrected chi connectivity index (χ2v) is 10.5. The van der Waals surface area contributed by atoms with E-state index in [1.165, 1.54) is 16.8 Å². The first-order chi connectivity index (χ1) is 17.0. The molecule has 36 heavy (non-hydrogen) atoms. The Kier molecular flexibility index (Phi) is 8.77. The fourth-order valence-corrected chi connectivity index (χ4v) is 4.95. The lowest BCUT2D eigenvalue weighted by molar-refractivity contribution is -0.151. The number of carbonyl (C=O) groups is 3. The van der Waals surface area contributed by atoms with Crippen LogP contribution in [0.4, 0.5) is 4.79 Å². The van der Waals surface area contributed by atoms with Crippen LogP contribution in [0.3, 0.4) is 0 Å². The highest BCUT2D eigenvalue weighted by atomic mass is 16.6. The largest absolute Gasteiger partial charge is 0.480 e. The van der Waals surface area contributed by atoms with Gasteiger partial charge in [0.05, 0.1) is 0 Å². The number of aliphatic carboxylic acids is 1. The monoisotopic (exact) mass is 494 g/mol. The maximum absolute atomic E-state index is 13.5. The third-order valence-electron chi connectivity index (χ3n) is 6.87. The zero-order chi connectivity index (χ0) is 26.6. The number of carbonyl (C=O) groups excluding carboxylic acids is 2. The highest BCUT2D eigenvalue weighted by molar-refractivity contribution is 5.89. The van der Waals surface area contributed by atoms with Gasteiger partial charge >= 0.3 is 12.1 Å². The zero-order valence-corrected chi connectivity index (χ0v) is 22.1. The van der Waals surface area contributed by atoms with Crippen molar-refractivity contribution < 1.29 is 24.2 Å². The molecule has 0 aliphatic heterocycles. The number of amides is 2. The molecule has 0 aromatic heterocycles. The van der Waals surface area contributed by atoms with Crippen LogP contribution in [0.1, 0.15) is 57.6 Å². The first-order valence-electron chi connectivity index (χ1n) is 12.6. The first-order valence-corrected chi connectivity index (χ1v) is 12.6. The Bertz CT molecular complexity index is 1050. The van der Waals surface area contributed by atoms with Crippen LogP contribution in [0.25, 0.3) is 11.1 Å². The predicted octanol–water partition coefficient (Wildman–Crippen LogP) is 5.24. The molecule has 1 N–H and O–H groups in total. The molecule has 0 bridgehead atoms. The van der Waals surface area contributed by atoms with E-state index in [1.807, 2.05) is 52.0 Å². The summed E-state index contributed by atoms with van der Waals surface area (Å²) in [6.45, 7) is 7.93. The Labute approximate surface area is 214 Å². The fourth-order valence-electron chi connectivity index (χ4n) is 4.95. The van der Waals surface area contributed by atoms with Crippen LogP contribution in [-0.4, -0.2) is 65.7 Å². The molecule has 2 aromatic carbocycles. The Morgan fingerprint density at radius 3 is 1.75 bits per heavy atom. The van der Waals surface area contributed by atoms with Gasteiger partial charge in [-0.05, 0) is 46.9 Å². The van der Waals surface area contributed by atoms with E-state index >= 15 is 0 Å². The summed E-state index contributed by atoms with van der Waals surface area (Å²) < 4.78 is 5.77. The van der Waals surface area contributed by atoms with E-state index in [0.717, 1.165) is 22.3 Å². The number of nitrogens with zero attached hydrogens (tertiary/aromatic N) is 2. The van der Waals surface area contributed by atoms with Crippen LogP contribution in [0.15, 0.2) is 48.5 Å². The first kappa shape index (κ1) is 27.2. The highest BCUT2D eigenvalue weighted by Gasteiger charge is 2.36. The summed E-state index contributed by atoms with van der Waals surface area (Å²) in [5, 5.41) is 9.72. The van der Waals surface area contributed by atoms with E-state index < -0.39 is 30.1 Å². The number of rotatable bonds is 10. The van der Waals surface area contributed by atoms with Crippen molar-refractivity contribution in [3.8, 4) is 11.1 Å². The van der Waals surface area contributed by atoms with E-state index in [1.54, 1.807) is 7.05 Å². The van der Waals surface area contributed by atoms with E-state index in [-0.39, 0.29) is 24.4 Å². The summed E-state index contributed by atoms with van der Waals surface area (Å²) in [5.74, 6) is -1.31. The maximum atomic E-state index is 13.5. The normalized spacial score (nSPS) is 14.2. The number of ether oxygens (including phenoxy) is 1. The lowest BCUT2D eigenvalue weighted by Crippen LogP contribution is -2.53. The molecular weight excluding hydrogens is 456 g/mol. The fraction of sp³-hybridized carbons (Fsp3) is 0.483. The van der Waals surface area contributed by atoms with Gasteiger partial charge in [-0.3, -0.25) is 9.69 Å². The minimum absolute atomic E-state index is 0.0842. The molecule has 7 nitrogen and oxygen atoms in total. The summed E-state index contributed by atoms with van der Waals surface area (Å²) in [6.07, 6.45) is 0.137. The Balaban J connectivity index is 1.76. The number of likely N-dealkylation sites (N-methyl/N-ethyl adjacent to an activating group) is 2. The van der Waals surface area contributed by atoms with Crippen molar-refractivity contribution in [2.45, 2.75) is 58.5 Å². The van der Waals surface area contributed by atoms with Crippen molar-refractivity contribution in [2.75, 3.05) is 20.7 Å². The topological polar surface area (TPSA) is 87.2 Å². The molecule has 2 amide bonds. The molecular formula is C29H38N2O5. The predicted molar refractivity (Wildman–Crippen MR) is 140 cm³/mol. The number of hydrogen-bond donors (Lipinski definition) is 1. The van der Waals surface area contributed by atoms with Gasteiger partial charge in [0, 0.05) is 20.0 Å². The average molecular weight is 495 g/mol. The second kappa shape index (κ2) is 11.6. The SMILES string of the molecule is CC(C)C[C@@H](C(=O)N(C)[C@@H](CC(C)C)C(=O)O)N(C)C(=O)OCC1c2ccccc2-c2ccccc21. The smallest absolute Gasteiger partial charge is 0.410 e. The summed E-state index contributed by atoms with van der Waals surface area (Å²) in [4.78, 5) is 41.1. The lowest BCUT2D eigenvalue weighted by Gasteiger charge is -2.34. The van der Waals surface area contributed by atoms with E-state index in [0.29, 0.717) is 12.8 Å². The van der Waals surface area contributed by atoms with Crippen LogP contribution in [-0.2, 0) is 14.3 Å². The van der Waals surface area contributed by atoms with Gasteiger partial charge in [0.25, 0.3) is 0 Å². The summed E-state index contributed by atoms with van der Waals surface area (Å²) in [7, 11) is 3.05. The highest BCUT2D eigenvalue weighted by Crippen LogP contribution is 2.44. The molecule has 194 valence electrons. The zero-order valence-electron chi connectivity index (χ0n) is 22.1. The Morgan fingerprint density at radius 2 is 1.28 bits per heavy atom. The minimum Gasteiger partial charge on any atom is -0.480 e. The lowest BCUT2D eigenvalue weighted by atomic mass is 9.98. The number of carboxylic acid groups (broad SMARTS) is 1. The van der Waals surface area contributed by atoms with Gasteiger partial charge in [-0.1, -0.05) is 76.2 Å². The number of carboxylic acids is 1. The van der Waals surface area contributed by atoms with Crippen LogP contribution in [0.5, 0.6) is 0 Å². The molecule has 0 fully saturated rings. The van der Waals surface area contributed by atoms with Gasteiger partial charge in [-0.15, -0.1) is 0 Å². The molecule has 0 heterocycles. The number of fused-ring (bicyclic) bond motifs is 3. The second-order valence-electron chi connectivity index (χ2n) is 10.5. The van der Waals surface area contributed by atoms with Gasteiger partial charge in [-0.2, -0.15) is 0 Å². The summed E-state index contributed by atoms with van der Waals surface area (Å²) >= 11 is 0. The molecule has 2 aromatic rings. The molecule has 1 aliphatic carbocycles. The molecule has 3 rings (SSSR count). The van der Waals surface area contributed by atoms with Crippen LogP contribution in [0, 0.1) is 11.8 Å². The summed E-state index contributed by atoms with van der Waals surface area (Å²) in [5.41, 5.74) is 4.51. The average Bonchev–Trinajstić information content (AvgIpc) is 3.16.